The second kappa shape index (κ2) is 4.71. The van der Waals surface area contributed by atoms with Crippen molar-refractivity contribution >= 4 is 49.5 Å². The molecule has 0 atom stereocenters. The number of imidazole rings is 1. The Hall–Kier alpha value is -2.60. The number of hydrogen-bond donors (Lipinski definition) is 1. The summed E-state index contributed by atoms with van der Waals surface area (Å²) in [5.74, 6) is -0.0279. The van der Waals surface area contributed by atoms with Gasteiger partial charge in [0.05, 0.1) is 11.2 Å². The first-order valence-electron chi connectivity index (χ1n) is 6.59. The van der Waals surface area contributed by atoms with Gasteiger partial charge in [-0.15, -0.1) is 0 Å². The largest absolute Gasteiger partial charge is 0.451 e. The highest BCUT2D eigenvalue weighted by molar-refractivity contribution is 9.10. The molecule has 5 nitrogen and oxygen atoms in total. The Bertz CT molecular complexity index is 1030. The molecule has 0 bridgehead atoms. The van der Waals surface area contributed by atoms with Crippen molar-refractivity contribution in [3.63, 3.8) is 0 Å². The van der Waals surface area contributed by atoms with Gasteiger partial charge in [0.1, 0.15) is 17.4 Å². The lowest BCUT2D eigenvalue weighted by Gasteiger charge is -2.00. The van der Waals surface area contributed by atoms with Gasteiger partial charge < -0.3 is 10.2 Å². The van der Waals surface area contributed by atoms with Gasteiger partial charge in [-0.3, -0.25) is 9.36 Å². The van der Waals surface area contributed by atoms with Crippen LogP contribution in [0.15, 0.2) is 57.7 Å². The summed E-state index contributed by atoms with van der Waals surface area (Å²) in [5, 5.41) is 0.856. The molecule has 0 saturated carbocycles. The molecule has 2 N–H and O–H groups in total. The van der Waals surface area contributed by atoms with Crippen LogP contribution in [0.1, 0.15) is 10.6 Å². The van der Waals surface area contributed by atoms with Crippen LogP contribution in [0.2, 0.25) is 0 Å². The van der Waals surface area contributed by atoms with Gasteiger partial charge in [0.25, 0.3) is 5.91 Å². The van der Waals surface area contributed by atoms with E-state index in [0.717, 1.165) is 9.86 Å². The zero-order chi connectivity index (χ0) is 15.3. The van der Waals surface area contributed by atoms with E-state index >= 15 is 0 Å². The minimum Gasteiger partial charge on any atom is -0.451 e. The number of fused-ring (bicyclic) bond motifs is 2. The van der Waals surface area contributed by atoms with Gasteiger partial charge in [-0.05, 0) is 30.3 Å². The van der Waals surface area contributed by atoms with Gasteiger partial charge in [0.15, 0.2) is 5.76 Å². The summed E-state index contributed by atoms with van der Waals surface area (Å²) in [6, 6.07) is 12.6. The fraction of sp³-hybridized carbons (Fsp3) is 0. The Morgan fingerprint density at radius 3 is 2.86 bits per heavy atom. The Kier molecular flexibility index (Phi) is 2.80. The smallest absolute Gasteiger partial charge is 0.299 e. The number of halogens is 1. The molecule has 4 aromatic rings. The minimum atomic E-state index is -0.281. The fourth-order valence-corrected chi connectivity index (χ4v) is 2.94. The molecule has 0 unspecified atom stereocenters. The Morgan fingerprint density at radius 1 is 1.23 bits per heavy atom. The number of anilines is 1. The maximum Gasteiger partial charge on any atom is 0.299 e. The number of nitrogens with zero attached hydrogens (tertiary/aromatic N) is 2. The first kappa shape index (κ1) is 13.1. The molecule has 6 heteroatoms. The molecule has 0 aliphatic carbocycles. The lowest BCUT2D eigenvalue weighted by atomic mass is 10.2. The van der Waals surface area contributed by atoms with Crippen LogP contribution < -0.4 is 5.73 Å². The third-order valence-corrected chi connectivity index (χ3v) is 4.24. The van der Waals surface area contributed by atoms with Crippen LogP contribution in [0, 0.1) is 0 Å². The lowest BCUT2D eigenvalue weighted by Crippen LogP contribution is -2.09. The van der Waals surface area contributed by atoms with E-state index in [1.54, 1.807) is 24.3 Å². The van der Waals surface area contributed by atoms with E-state index in [1.807, 2.05) is 18.2 Å². The maximum atomic E-state index is 12.7. The van der Waals surface area contributed by atoms with Crippen molar-refractivity contribution in [2.24, 2.45) is 0 Å². The summed E-state index contributed by atoms with van der Waals surface area (Å²) in [7, 11) is 0. The molecular weight excluding hydrogens is 346 g/mol. The van der Waals surface area contributed by atoms with Crippen LogP contribution in [0.5, 0.6) is 0 Å². The van der Waals surface area contributed by atoms with Crippen molar-refractivity contribution in [3.8, 4) is 0 Å². The van der Waals surface area contributed by atoms with Crippen molar-refractivity contribution in [1.82, 2.24) is 9.55 Å². The van der Waals surface area contributed by atoms with E-state index in [4.69, 9.17) is 10.2 Å². The van der Waals surface area contributed by atoms with E-state index in [9.17, 15) is 4.79 Å². The Morgan fingerprint density at radius 2 is 2.05 bits per heavy atom. The van der Waals surface area contributed by atoms with Crippen LogP contribution in [-0.4, -0.2) is 15.5 Å². The average Bonchev–Trinajstić information content (AvgIpc) is 3.12. The first-order valence-corrected chi connectivity index (χ1v) is 7.39. The van der Waals surface area contributed by atoms with Crippen LogP contribution in [0.3, 0.4) is 0 Å². The highest BCUT2D eigenvalue weighted by atomic mass is 79.9. The second-order valence-corrected chi connectivity index (χ2v) is 5.75. The predicted octanol–water partition coefficient (Wildman–Crippen LogP) is 3.82. The number of carbonyl (C=O) groups is 1. The molecule has 2 aromatic heterocycles. The molecule has 108 valence electrons. The van der Waals surface area contributed by atoms with Gasteiger partial charge in [0, 0.05) is 9.86 Å². The molecule has 2 aromatic carbocycles. The van der Waals surface area contributed by atoms with Crippen LogP contribution in [-0.2, 0) is 0 Å². The number of nitrogen functional groups attached to an aromatic ring is 1. The third-order valence-electron chi connectivity index (χ3n) is 3.55. The SMILES string of the molecule is Nc1cccc2c1ncn2C(=O)c1cc2c(Br)cccc2o1. The monoisotopic (exact) mass is 355 g/mol. The van der Waals surface area contributed by atoms with E-state index in [2.05, 4.69) is 20.9 Å². The van der Waals surface area contributed by atoms with Crippen LogP contribution >= 0.6 is 15.9 Å². The lowest BCUT2D eigenvalue weighted by molar-refractivity contribution is 0.0939. The zero-order valence-corrected chi connectivity index (χ0v) is 12.9. The van der Waals surface area contributed by atoms with Gasteiger partial charge in [-0.1, -0.05) is 28.1 Å². The van der Waals surface area contributed by atoms with Crippen molar-refractivity contribution in [2.75, 3.05) is 5.73 Å². The molecule has 22 heavy (non-hydrogen) atoms. The molecule has 0 fully saturated rings. The highest BCUT2D eigenvalue weighted by Crippen LogP contribution is 2.28. The number of para-hydroxylation sites is 1. The number of benzene rings is 2. The maximum absolute atomic E-state index is 12.7. The molecule has 2 heterocycles. The van der Waals surface area contributed by atoms with Crippen LogP contribution in [0.25, 0.3) is 22.0 Å². The number of aromatic nitrogens is 2. The normalized spacial score (nSPS) is 11.3. The topological polar surface area (TPSA) is 74.0 Å². The first-order chi connectivity index (χ1) is 10.6. The average molecular weight is 356 g/mol. The van der Waals surface area contributed by atoms with E-state index in [0.29, 0.717) is 22.3 Å². The zero-order valence-electron chi connectivity index (χ0n) is 11.3. The summed E-state index contributed by atoms with van der Waals surface area (Å²) in [4.78, 5) is 16.9. The van der Waals surface area contributed by atoms with Crippen molar-refractivity contribution in [3.05, 3.63) is 59.0 Å². The molecule has 0 radical (unpaired) electrons. The second-order valence-electron chi connectivity index (χ2n) is 4.90. The highest BCUT2D eigenvalue weighted by Gasteiger charge is 2.18. The number of carbonyl (C=O) groups excluding carboxylic acids is 1. The number of rotatable bonds is 1. The van der Waals surface area contributed by atoms with Crippen molar-refractivity contribution < 1.29 is 9.21 Å². The molecule has 0 aliphatic heterocycles. The molecule has 4 rings (SSSR count). The van der Waals surface area contributed by atoms with Gasteiger partial charge >= 0.3 is 0 Å². The van der Waals surface area contributed by atoms with Crippen LogP contribution in [0.4, 0.5) is 5.69 Å². The molecule has 0 saturated heterocycles. The number of furan rings is 1. The van der Waals surface area contributed by atoms with Gasteiger partial charge in [-0.2, -0.15) is 0 Å². The minimum absolute atomic E-state index is 0.253. The molecular formula is C16H10BrN3O2. The number of nitrogens with two attached hydrogens (primary N) is 1. The summed E-state index contributed by atoms with van der Waals surface area (Å²) in [5.41, 5.74) is 8.33. The molecule has 0 amide bonds. The fourth-order valence-electron chi connectivity index (χ4n) is 2.47. The third kappa shape index (κ3) is 1.84. The van der Waals surface area contributed by atoms with E-state index < -0.39 is 0 Å². The summed E-state index contributed by atoms with van der Waals surface area (Å²) in [6.07, 6.45) is 1.46. The summed E-state index contributed by atoms with van der Waals surface area (Å²) < 4.78 is 7.98. The Labute approximate surface area is 133 Å². The van der Waals surface area contributed by atoms with Gasteiger partial charge in [-0.25, -0.2) is 4.98 Å². The molecule has 0 aliphatic rings. The standard InChI is InChI=1S/C16H10BrN3O2/c17-10-3-1-6-13-9(10)7-14(22-13)16(21)20-8-19-15-11(18)4-2-5-12(15)20/h1-8H,18H2. The van der Waals surface area contributed by atoms with E-state index in [1.165, 1.54) is 10.9 Å². The predicted molar refractivity (Wildman–Crippen MR) is 87.8 cm³/mol. The quantitative estimate of drug-likeness (QED) is 0.526. The Balaban J connectivity index is 1.88. The summed E-state index contributed by atoms with van der Waals surface area (Å²) in [6.45, 7) is 0. The van der Waals surface area contributed by atoms with Crippen molar-refractivity contribution in [1.29, 1.82) is 0 Å². The van der Waals surface area contributed by atoms with Crippen molar-refractivity contribution in [2.45, 2.75) is 0 Å². The van der Waals surface area contributed by atoms with Gasteiger partial charge in [0.2, 0.25) is 0 Å². The summed E-state index contributed by atoms with van der Waals surface area (Å²) >= 11 is 3.45. The molecule has 0 spiro atoms. The van der Waals surface area contributed by atoms with E-state index in [-0.39, 0.29) is 11.7 Å². The number of hydrogen-bond acceptors (Lipinski definition) is 4.